The molecule has 0 radical (unpaired) electrons. The Hall–Kier alpha value is -2.82. The summed E-state index contributed by atoms with van der Waals surface area (Å²) in [5.41, 5.74) is 3.71. The molecule has 0 aromatic heterocycles. The molecule has 2 aromatic rings. The van der Waals surface area contributed by atoms with Crippen molar-refractivity contribution in [1.29, 1.82) is 0 Å². The van der Waals surface area contributed by atoms with Gasteiger partial charge in [-0.1, -0.05) is 17.7 Å². The fraction of sp³-hybridized carbons (Fsp3) is 0.300. The number of aryl methyl sites for hydroxylation is 2. The van der Waals surface area contributed by atoms with Gasteiger partial charge in [0.25, 0.3) is 0 Å². The van der Waals surface area contributed by atoms with Crippen molar-refractivity contribution in [2.45, 2.75) is 33.6 Å². The molecule has 0 saturated heterocycles. The third-order valence-electron chi connectivity index (χ3n) is 3.63. The number of hydrogen-bond donors (Lipinski definition) is 2. The highest BCUT2D eigenvalue weighted by Gasteiger charge is 2.04. The smallest absolute Gasteiger partial charge is 0.224 e. The molecule has 0 aliphatic carbocycles. The Labute approximate surface area is 148 Å². The van der Waals surface area contributed by atoms with Crippen LogP contribution >= 0.6 is 0 Å². The first-order valence-electron chi connectivity index (χ1n) is 8.31. The Morgan fingerprint density at radius 2 is 1.60 bits per heavy atom. The van der Waals surface area contributed by atoms with Crippen LogP contribution in [0.5, 0.6) is 5.75 Å². The number of hydrogen-bond acceptors (Lipinski definition) is 3. The largest absolute Gasteiger partial charge is 0.493 e. The van der Waals surface area contributed by atoms with E-state index in [9.17, 15) is 9.59 Å². The molecule has 2 N–H and O–H groups in total. The topological polar surface area (TPSA) is 67.4 Å². The van der Waals surface area contributed by atoms with E-state index in [2.05, 4.69) is 16.7 Å². The minimum atomic E-state index is -0.124. The minimum Gasteiger partial charge on any atom is -0.493 e. The third-order valence-corrected chi connectivity index (χ3v) is 3.63. The number of amides is 2. The zero-order chi connectivity index (χ0) is 18.2. The van der Waals surface area contributed by atoms with Gasteiger partial charge < -0.3 is 15.4 Å². The number of anilines is 2. The highest BCUT2D eigenvalue weighted by Crippen LogP contribution is 2.19. The number of rotatable bonds is 7. The highest BCUT2D eigenvalue weighted by atomic mass is 16.5. The summed E-state index contributed by atoms with van der Waals surface area (Å²) in [6.45, 7) is 6.01. The molecule has 25 heavy (non-hydrogen) atoms. The Bertz CT molecular complexity index is 739. The number of ether oxygens (including phenoxy) is 1. The molecule has 0 atom stereocenters. The highest BCUT2D eigenvalue weighted by molar-refractivity contribution is 5.92. The van der Waals surface area contributed by atoms with E-state index in [1.54, 1.807) is 24.3 Å². The Morgan fingerprint density at radius 1 is 0.960 bits per heavy atom. The van der Waals surface area contributed by atoms with Crippen LogP contribution in [-0.2, 0) is 9.59 Å². The summed E-state index contributed by atoms with van der Waals surface area (Å²) >= 11 is 0. The van der Waals surface area contributed by atoms with E-state index in [0.29, 0.717) is 30.8 Å². The first-order valence-corrected chi connectivity index (χ1v) is 8.31. The van der Waals surface area contributed by atoms with Crippen molar-refractivity contribution in [2.75, 3.05) is 17.2 Å². The van der Waals surface area contributed by atoms with E-state index in [1.807, 2.05) is 26.0 Å². The van der Waals surface area contributed by atoms with Crippen molar-refractivity contribution in [1.82, 2.24) is 0 Å². The summed E-state index contributed by atoms with van der Waals surface area (Å²) in [5, 5.41) is 5.52. The van der Waals surface area contributed by atoms with Crippen molar-refractivity contribution in [2.24, 2.45) is 0 Å². The van der Waals surface area contributed by atoms with Crippen LogP contribution in [0.2, 0.25) is 0 Å². The van der Waals surface area contributed by atoms with Gasteiger partial charge in [0.1, 0.15) is 5.75 Å². The van der Waals surface area contributed by atoms with Crippen molar-refractivity contribution < 1.29 is 14.3 Å². The summed E-state index contributed by atoms with van der Waals surface area (Å²) < 4.78 is 5.72. The van der Waals surface area contributed by atoms with Gasteiger partial charge in [-0.3, -0.25) is 9.59 Å². The summed E-state index contributed by atoms with van der Waals surface area (Å²) in [6.07, 6.45) is 1.03. The molecule has 2 amide bonds. The number of carbonyl (C=O) groups excluding carboxylic acids is 2. The van der Waals surface area contributed by atoms with Crippen LogP contribution in [0, 0.1) is 13.8 Å². The van der Waals surface area contributed by atoms with E-state index < -0.39 is 0 Å². The van der Waals surface area contributed by atoms with Crippen LogP contribution in [0.1, 0.15) is 30.9 Å². The molecule has 132 valence electrons. The van der Waals surface area contributed by atoms with Gasteiger partial charge in [0.05, 0.1) is 6.61 Å². The van der Waals surface area contributed by atoms with E-state index in [1.165, 1.54) is 12.5 Å². The first-order chi connectivity index (χ1) is 11.9. The van der Waals surface area contributed by atoms with Crippen molar-refractivity contribution >= 4 is 23.2 Å². The monoisotopic (exact) mass is 340 g/mol. The maximum absolute atomic E-state index is 12.0. The van der Waals surface area contributed by atoms with Gasteiger partial charge in [0.15, 0.2) is 0 Å². The molecule has 5 nitrogen and oxygen atoms in total. The fourth-order valence-corrected chi connectivity index (χ4v) is 2.44. The maximum atomic E-state index is 12.0. The molecule has 0 aliphatic rings. The molecule has 0 saturated carbocycles. The average Bonchev–Trinajstić information content (AvgIpc) is 2.54. The summed E-state index contributed by atoms with van der Waals surface area (Å²) in [5.74, 6) is 0.677. The van der Waals surface area contributed by atoms with Gasteiger partial charge in [-0.2, -0.15) is 0 Å². The molecule has 0 spiro atoms. The fourth-order valence-electron chi connectivity index (χ4n) is 2.44. The van der Waals surface area contributed by atoms with E-state index in [0.717, 1.165) is 11.3 Å². The zero-order valence-corrected chi connectivity index (χ0v) is 14.9. The van der Waals surface area contributed by atoms with Crippen molar-refractivity contribution in [3.05, 3.63) is 53.6 Å². The Kier molecular flexibility index (Phi) is 6.57. The van der Waals surface area contributed by atoms with Crippen LogP contribution in [0.15, 0.2) is 42.5 Å². The molecular weight excluding hydrogens is 316 g/mol. The summed E-state index contributed by atoms with van der Waals surface area (Å²) in [4.78, 5) is 22.9. The molecule has 5 heteroatoms. The molecule has 2 rings (SSSR count). The van der Waals surface area contributed by atoms with Crippen LogP contribution in [-0.4, -0.2) is 18.4 Å². The van der Waals surface area contributed by atoms with Crippen LogP contribution < -0.4 is 15.4 Å². The SMILES string of the molecule is CC(=O)Nc1ccc(NC(=O)CCCOc2ccc(C)cc2C)cc1. The molecule has 2 aromatic carbocycles. The van der Waals surface area contributed by atoms with Gasteiger partial charge in [-0.05, 0) is 56.2 Å². The quantitative estimate of drug-likeness (QED) is 0.747. The molecule has 0 bridgehead atoms. The Balaban J connectivity index is 1.72. The second-order valence-corrected chi connectivity index (χ2v) is 6.03. The maximum Gasteiger partial charge on any atom is 0.224 e. The van der Waals surface area contributed by atoms with Gasteiger partial charge in [0.2, 0.25) is 11.8 Å². The third kappa shape index (κ3) is 6.30. The second kappa shape index (κ2) is 8.87. The van der Waals surface area contributed by atoms with Crippen LogP contribution in [0.25, 0.3) is 0 Å². The zero-order valence-electron chi connectivity index (χ0n) is 14.9. The van der Waals surface area contributed by atoms with Crippen LogP contribution in [0.3, 0.4) is 0 Å². The predicted octanol–water partition coefficient (Wildman–Crippen LogP) is 4.06. The van der Waals surface area contributed by atoms with Gasteiger partial charge in [0, 0.05) is 24.7 Å². The lowest BCUT2D eigenvalue weighted by atomic mass is 10.1. The number of carbonyl (C=O) groups is 2. The average molecular weight is 340 g/mol. The molecule has 0 aliphatic heterocycles. The molecule has 0 heterocycles. The van der Waals surface area contributed by atoms with Crippen LogP contribution in [0.4, 0.5) is 11.4 Å². The van der Waals surface area contributed by atoms with Crippen molar-refractivity contribution in [3.63, 3.8) is 0 Å². The first kappa shape index (κ1) is 18.5. The molecular formula is C20H24N2O3. The van der Waals surface area contributed by atoms with E-state index in [4.69, 9.17) is 4.74 Å². The van der Waals surface area contributed by atoms with Gasteiger partial charge in [-0.25, -0.2) is 0 Å². The molecule has 0 fully saturated rings. The second-order valence-electron chi connectivity index (χ2n) is 6.03. The van der Waals surface area contributed by atoms with Gasteiger partial charge >= 0.3 is 0 Å². The van der Waals surface area contributed by atoms with E-state index >= 15 is 0 Å². The standard InChI is InChI=1S/C20H24N2O3/c1-14-6-11-19(15(2)13-14)25-12-4-5-20(24)22-18-9-7-17(8-10-18)21-16(3)23/h6-11,13H,4-5,12H2,1-3H3,(H,21,23)(H,22,24). The van der Waals surface area contributed by atoms with Gasteiger partial charge in [-0.15, -0.1) is 0 Å². The Morgan fingerprint density at radius 3 is 2.20 bits per heavy atom. The number of benzene rings is 2. The predicted molar refractivity (Wildman–Crippen MR) is 100 cm³/mol. The van der Waals surface area contributed by atoms with Crippen molar-refractivity contribution in [3.8, 4) is 5.75 Å². The summed E-state index contributed by atoms with van der Waals surface area (Å²) in [6, 6.07) is 13.1. The van der Waals surface area contributed by atoms with E-state index in [-0.39, 0.29) is 11.8 Å². The summed E-state index contributed by atoms with van der Waals surface area (Å²) in [7, 11) is 0. The lowest BCUT2D eigenvalue weighted by molar-refractivity contribution is -0.116. The lowest BCUT2D eigenvalue weighted by Gasteiger charge is -2.10. The number of nitrogens with one attached hydrogen (secondary N) is 2. The normalized spacial score (nSPS) is 10.2. The minimum absolute atomic E-state index is 0.0588. The molecule has 0 unspecified atom stereocenters. The lowest BCUT2D eigenvalue weighted by Crippen LogP contribution is -2.13.